The van der Waals surface area contributed by atoms with Crippen LogP contribution < -0.4 is 5.32 Å². The van der Waals surface area contributed by atoms with E-state index in [-0.39, 0.29) is 6.03 Å². The van der Waals surface area contributed by atoms with Gasteiger partial charge in [0.25, 0.3) is 0 Å². The highest BCUT2D eigenvalue weighted by atomic mass is 32.1. The zero-order valence-corrected chi connectivity index (χ0v) is 10.8. The van der Waals surface area contributed by atoms with E-state index in [0.29, 0.717) is 25.7 Å². The van der Waals surface area contributed by atoms with Gasteiger partial charge in [-0.25, -0.2) is 4.79 Å². The van der Waals surface area contributed by atoms with Crippen LogP contribution in [0.15, 0.2) is 16.8 Å². The molecule has 0 aromatic carbocycles. The van der Waals surface area contributed by atoms with Crippen molar-refractivity contribution < 1.29 is 9.53 Å². The van der Waals surface area contributed by atoms with Gasteiger partial charge in [-0.05, 0) is 35.2 Å². The fraction of sp³-hybridized carbons (Fsp3) is 0.583. The summed E-state index contributed by atoms with van der Waals surface area (Å²) in [7, 11) is 1.64. The maximum atomic E-state index is 12.0. The average Bonchev–Trinajstić information content (AvgIpc) is 3.03. The lowest BCUT2D eigenvalue weighted by Crippen LogP contribution is -2.42. The molecule has 0 saturated heterocycles. The molecule has 1 aromatic rings. The molecule has 1 saturated carbocycles. The van der Waals surface area contributed by atoms with E-state index in [2.05, 4.69) is 16.8 Å². The molecule has 1 N–H and O–H groups in total. The number of hydrogen-bond acceptors (Lipinski definition) is 3. The Morgan fingerprint density at radius 2 is 2.47 bits per heavy atom. The molecule has 0 unspecified atom stereocenters. The first-order valence-electron chi connectivity index (χ1n) is 5.85. The van der Waals surface area contributed by atoms with Crippen LogP contribution >= 0.6 is 11.3 Å². The SMILES string of the molecule is COCCNC(=O)N(Cc1ccsc1)C1CC1. The Morgan fingerprint density at radius 1 is 1.65 bits per heavy atom. The Hall–Kier alpha value is -1.07. The van der Waals surface area contributed by atoms with Crippen molar-refractivity contribution in [2.24, 2.45) is 0 Å². The summed E-state index contributed by atoms with van der Waals surface area (Å²) in [4.78, 5) is 13.9. The maximum Gasteiger partial charge on any atom is 0.318 e. The van der Waals surface area contributed by atoms with Crippen LogP contribution in [0.3, 0.4) is 0 Å². The summed E-state index contributed by atoms with van der Waals surface area (Å²) in [6.07, 6.45) is 2.25. The first kappa shape index (κ1) is 12.4. The molecule has 1 aliphatic carbocycles. The fourth-order valence-electron chi connectivity index (χ4n) is 1.69. The van der Waals surface area contributed by atoms with Crippen molar-refractivity contribution in [2.75, 3.05) is 20.3 Å². The highest BCUT2D eigenvalue weighted by molar-refractivity contribution is 7.07. The number of carbonyl (C=O) groups excluding carboxylic acids is 1. The average molecular weight is 254 g/mol. The molecule has 0 atom stereocenters. The van der Waals surface area contributed by atoms with Gasteiger partial charge < -0.3 is 15.0 Å². The second kappa shape index (κ2) is 6.02. The number of rotatable bonds is 6. The minimum absolute atomic E-state index is 0.0238. The highest BCUT2D eigenvalue weighted by Gasteiger charge is 2.32. The quantitative estimate of drug-likeness (QED) is 0.790. The molecule has 5 heteroatoms. The number of nitrogens with one attached hydrogen (secondary N) is 1. The number of urea groups is 1. The maximum absolute atomic E-state index is 12.0. The van der Waals surface area contributed by atoms with Crippen molar-refractivity contribution in [2.45, 2.75) is 25.4 Å². The largest absolute Gasteiger partial charge is 0.383 e. The van der Waals surface area contributed by atoms with Crippen LogP contribution in [0.1, 0.15) is 18.4 Å². The first-order valence-corrected chi connectivity index (χ1v) is 6.80. The predicted molar refractivity (Wildman–Crippen MR) is 68.2 cm³/mol. The second-order valence-electron chi connectivity index (χ2n) is 4.22. The molecule has 0 bridgehead atoms. The Morgan fingerprint density at radius 3 is 3.06 bits per heavy atom. The van der Waals surface area contributed by atoms with Gasteiger partial charge in [0.1, 0.15) is 0 Å². The molecule has 0 radical (unpaired) electrons. The van der Waals surface area contributed by atoms with Crippen molar-refractivity contribution in [1.29, 1.82) is 0 Å². The van der Waals surface area contributed by atoms with E-state index < -0.39 is 0 Å². The third kappa shape index (κ3) is 3.71. The van der Waals surface area contributed by atoms with Gasteiger partial charge in [0.2, 0.25) is 0 Å². The number of thiophene rings is 1. The summed E-state index contributed by atoms with van der Waals surface area (Å²) >= 11 is 1.67. The van der Waals surface area contributed by atoms with Crippen molar-refractivity contribution in [3.05, 3.63) is 22.4 Å². The number of ether oxygens (including phenoxy) is 1. The van der Waals surface area contributed by atoms with Gasteiger partial charge in [-0.1, -0.05) is 0 Å². The summed E-state index contributed by atoms with van der Waals surface area (Å²) in [5.41, 5.74) is 1.21. The van der Waals surface area contributed by atoms with Gasteiger partial charge in [0.05, 0.1) is 6.61 Å². The fourth-order valence-corrected chi connectivity index (χ4v) is 2.35. The summed E-state index contributed by atoms with van der Waals surface area (Å²) in [5.74, 6) is 0. The number of amides is 2. The lowest BCUT2D eigenvalue weighted by atomic mass is 10.3. The van der Waals surface area contributed by atoms with E-state index in [4.69, 9.17) is 4.74 Å². The number of methoxy groups -OCH3 is 1. The van der Waals surface area contributed by atoms with E-state index in [1.807, 2.05) is 10.3 Å². The van der Waals surface area contributed by atoms with Crippen LogP contribution in [0, 0.1) is 0 Å². The van der Waals surface area contributed by atoms with Crippen LogP contribution in [-0.4, -0.2) is 37.2 Å². The molecule has 0 spiro atoms. The van der Waals surface area contributed by atoms with Crippen LogP contribution in [0.5, 0.6) is 0 Å². The van der Waals surface area contributed by atoms with E-state index in [1.165, 1.54) is 5.56 Å². The molecule has 17 heavy (non-hydrogen) atoms. The minimum Gasteiger partial charge on any atom is -0.383 e. The number of hydrogen-bond donors (Lipinski definition) is 1. The molecule has 1 aromatic heterocycles. The van der Waals surface area contributed by atoms with E-state index in [9.17, 15) is 4.79 Å². The van der Waals surface area contributed by atoms with E-state index in [1.54, 1.807) is 18.4 Å². The number of carbonyl (C=O) groups is 1. The van der Waals surface area contributed by atoms with Crippen molar-refractivity contribution in [3.8, 4) is 0 Å². The lowest BCUT2D eigenvalue weighted by molar-refractivity contribution is 0.176. The molecule has 94 valence electrons. The molecular weight excluding hydrogens is 236 g/mol. The molecular formula is C12H18N2O2S. The first-order chi connectivity index (χ1) is 8.31. The van der Waals surface area contributed by atoms with Crippen LogP contribution in [0.25, 0.3) is 0 Å². The number of nitrogens with zero attached hydrogens (tertiary/aromatic N) is 1. The third-order valence-corrected chi connectivity index (χ3v) is 3.50. The predicted octanol–water partition coefficient (Wildman–Crippen LogP) is 2.07. The van der Waals surface area contributed by atoms with Gasteiger partial charge in [-0.2, -0.15) is 11.3 Å². The van der Waals surface area contributed by atoms with Crippen LogP contribution in [0.4, 0.5) is 4.79 Å². The Labute approximate surface area is 106 Å². The van der Waals surface area contributed by atoms with E-state index >= 15 is 0 Å². The molecule has 1 heterocycles. The monoisotopic (exact) mass is 254 g/mol. The Balaban J connectivity index is 1.86. The van der Waals surface area contributed by atoms with Crippen LogP contribution in [-0.2, 0) is 11.3 Å². The van der Waals surface area contributed by atoms with Crippen molar-refractivity contribution in [3.63, 3.8) is 0 Å². The molecule has 1 fully saturated rings. The second-order valence-corrected chi connectivity index (χ2v) is 5.00. The lowest BCUT2D eigenvalue weighted by Gasteiger charge is -2.22. The molecule has 1 aliphatic rings. The summed E-state index contributed by atoms with van der Waals surface area (Å²) in [5, 5.41) is 7.02. The van der Waals surface area contributed by atoms with E-state index in [0.717, 1.165) is 12.8 Å². The Kier molecular flexibility index (Phi) is 4.39. The standard InChI is InChI=1S/C12H18N2O2S/c1-16-6-5-13-12(15)14(11-2-3-11)8-10-4-7-17-9-10/h4,7,9,11H,2-3,5-6,8H2,1H3,(H,13,15). The Bertz CT molecular complexity index is 349. The zero-order chi connectivity index (χ0) is 12.1. The van der Waals surface area contributed by atoms with Gasteiger partial charge in [-0.15, -0.1) is 0 Å². The summed E-state index contributed by atoms with van der Waals surface area (Å²) in [6, 6.07) is 2.52. The van der Waals surface area contributed by atoms with Gasteiger partial charge in [0, 0.05) is 26.2 Å². The highest BCUT2D eigenvalue weighted by Crippen LogP contribution is 2.28. The van der Waals surface area contributed by atoms with Crippen molar-refractivity contribution in [1.82, 2.24) is 10.2 Å². The normalized spacial score (nSPS) is 14.6. The topological polar surface area (TPSA) is 41.6 Å². The molecule has 0 aliphatic heterocycles. The third-order valence-electron chi connectivity index (χ3n) is 2.76. The van der Waals surface area contributed by atoms with Gasteiger partial charge in [-0.3, -0.25) is 0 Å². The molecule has 2 amide bonds. The minimum atomic E-state index is 0.0238. The van der Waals surface area contributed by atoms with Crippen LogP contribution in [0.2, 0.25) is 0 Å². The van der Waals surface area contributed by atoms with Crippen molar-refractivity contribution >= 4 is 17.4 Å². The molecule has 4 nitrogen and oxygen atoms in total. The summed E-state index contributed by atoms with van der Waals surface area (Å²) < 4.78 is 4.92. The van der Waals surface area contributed by atoms with Gasteiger partial charge in [0.15, 0.2) is 0 Å². The zero-order valence-electron chi connectivity index (χ0n) is 10.0. The molecule has 2 rings (SSSR count). The summed E-state index contributed by atoms with van der Waals surface area (Å²) in [6.45, 7) is 1.85. The van der Waals surface area contributed by atoms with Gasteiger partial charge >= 0.3 is 6.03 Å². The smallest absolute Gasteiger partial charge is 0.318 e.